The van der Waals surface area contributed by atoms with Crippen LogP contribution in [0.25, 0.3) is 0 Å². The fraction of sp³-hybridized carbons (Fsp3) is 0.429. The zero-order valence-electron chi connectivity index (χ0n) is 11.9. The van der Waals surface area contributed by atoms with Gasteiger partial charge in [-0.15, -0.1) is 10.2 Å². The molecule has 20 heavy (non-hydrogen) atoms. The highest BCUT2D eigenvalue weighted by molar-refractivity contribution is 8.01. The second kappa shape index (κ2) is 7.06. The van der Waals surface area contributed by atoms with Gasteiger partial charge in [0.05, 0.1) is 6.10 Å². The minimum Gasteiger partial charge on any atom is -0.388 e. The number of aliphatic hydroxyl groups excluding tert-OH is 1. The molecule has 1 aromatic carbocycles. The van der Waals surface area contributed by atoms with Gasteiger partial charge in [0, 0.05) is 12.3 Å². The number of aliphatic hydroxyl groups is 1. The summed E-state index contributed by atoms with van der Waals surface area (Å²) in [5, 5.41) is 22.4. The molecule has 2 aromatic rings. The van der Waals surface area contributed by atoms with Crippen molar-refractivity contribution in [2.75, 3.05) is 17.6 Å². The Bertz CT molecular complexity index is 551. The van der Waals surface area contributed by atoms with E-state index in [2.05, 4.69) is 21.6 Å². The lowest BCUT2D eigenvalue weighted by atomic mass is 10.0. The third kappa shape index (κ3) is 4.19. The molecule has 2 rings (SSSR count). The number of aromatic nitrogens is 2. The van der Waals surface area contributed by atoms with Gasteiger partial charge in [0.25, 0.3) is 0 Å². The van der Waals surface area contributed by atoms with Crippen molar-refractivity contribution in [2.45, 2.75) is 31.2 Å². The predicted molar refractivity (Wildman–Crippen MR) is 85.7 cm³/mol. The van der Waals surface area contributed by atoms with Crippen LogP contribution in [0.5, 0.6) is 0 Å². The van der Waals surface area contributed by atoms with Gasteiger partial charge >= 0.3 is 0 Å². The molecule has 1 atom stereocenters. The molecule has 0 aliphatic rings. The number of benzene rings is 1. The van der Waals surface area contributed by atoms with Crippen molar-refractivity contribution in [1.29, 1.82) is 0 Å². The van der Waals surface area contributed by atoms with E-state index in [9.17, 15) is 5.11 Å². The van der Waals surface area contributed by atoms with Gasteiger partial charge in [-0.3, -0.25) is 0 Å². The van der Waals surface area contributed by atoms with Crippen molar-refractivity contribution in [2.24, 2.45) is 0 Å². The maximum atomic E-state index is 10.3. The van der Waals surface area contributed by atoms with E-state index < -0.39 is 6.10 Å². The molecule has 0 amide bonds. The number of hydrogen-bond acceptors (Lipinski definition) is 6. The molecule has 0 saturated carbocycles. The van der Waals surface area contributed by atoms with E-state index in [1.807, 2.05) is 32.9 Å². The summed E-state index contributed by atoms with van der Waals surface area (Å²) in [5.41, 5.74) is 3.32. The quantitative estimate of drug-likeness (QED) is 0.801. The molecular formula is C14H19N3OS2. The average Bonchev–Trinajstić information content (AvgIpc) is 2.83. The SMILES string of the molecule is CCNc1nnc(SCC(O)c2cc(C)cc(C)c2)s1. The molecule has 108 valence electrons. The van der Waals surface area contributed by atoms with Crippen molar-refractivity contribution < 1.29 is 5.11 Å². The minimum atomic E-state index is -0.481. The summed E-state index contributed by atoms with van der Waals surface area (Å²) in [6.07, 6.45) is -0.481. The number of aryl methyl sites for hydroxylation is 2. The van der Waals surface area contributed by atoms with Crippen LogP contribution >= 0.6 is 23.1 Å². The van der Waals surface area contributed by atoms with Crippen molar-refractivity contribution in [3.63, 3.8) is 0 Å². The lowest BCUT2D eigenvalue weighted by molar-refractivity contribution is 0.204. The van der Waals surface area contributed by atoms with Gasteiger partial charge in [-0.1, -0.05) is 52.4 Å². The third-order valence-corrected chi connectivity index (χ3v) is 4.82. The second-order valence-electron chi connectivity index (χ2n) is 4.65. The highest BCUT2D eigenvalue weighted by Crippen LogP contribution is 2.29. The number of nitrogens with one attached hydrogen (secondary N) is 1. The zero-order chi connectivity index (χ0) is 14.5. The molecule has 4 nitrogen and oxygen atoms in total. The maximum absolute atomic E-state index is 10.3. The molecule has 1 heterocycles. The topological polar surface area (TPSA) is 58.0 Å². The third-order valence-electron chi connectivity index (χ3n) is 2.73. The lowest BCUT2D eigenvalue weighted by Crippen LogP contribution is -2.01. The smallest absolute Gasteiger partial charge is 0.206 e. The zero-order valence-corrected chi connectivity index (χ0v) is 13.5. The van der Waals surface area contributed by atoms with E-state index >= 15 is 0 Å². The first-order chi connectivity index (χ1) is 9.58. The van der Waals surface area contributed by atoms with E-state index in [4.69, 9.17) is 0 Å². The first-order valence-electron chi connectivity index (χ1n) is 6.55. The number of hydrogen-bond donors (Lipinski definition) is 2. The predicted octanol–water partition coefficient (Wildman–Crippen LogP) is 3.41. The number of rotatable bonds is 6. The van der Waals surface area contributed by atoms with E-state index in [0.29, 0.717) is 5.75 Å². The fourth-order valence-electron chi connectivity index (χ4n) is 1.94. The normalized spacial score (nSPS) is 12.4. The molecule has 6 heteroatoms. The Morgan fingerprint density at radius 2 is 1.95 bits per heavy atom. The van der Waals surface area contributed by atoms with Gasteiger partial charge in [0.2, 0.25) is 5.13 Å². The van der Waals surface area contributed by atoms with Crippen LogP contribution < -0.4 is 5.32 Å². The number of anilines is 1. The van der Waals surface area contributed by atoms with Crippen molar-refractivity contribution in [3.05, 3.63) is 34.9 Å². The van der Waals surface area contributed by atoms with Crippen molar-refractivity contribution in [3.8, 4) is 0 Å². The van der Waals surface area contributed by atoms with E-state index in [-0.39, 0.29) is 0 Å². The molecule has 1 aromatic heterocycles. The van der Waals surface area contributed by atoms with E-state index in [0.717, 1.165) is 21.6 Å². The Labute approximate surface area is 127 Å². The molecule has 2 N–H and O–H groups in total. The van der Waals surface area contributed by atoms with Crippen molar-refractivity contribution >= 4 is 28.2 Å². The standard InChI is InChI=1S/C14H19N3OS2/c1-4-15-13-16-17-14(20-13)19-8-12(18)11-6-9(2)5-10(3)7-11/h5-7,12,18H,4,8H2,1-3H3,(H,15,16). The summed E-state index contributed by atoms with van der Waals surface area (Å²) in [6, 6.07) is 6.17. The van der Waals surface area contributed by atoms with Gasteiger partial charge in [0.1, 0.15) is 0 Å². The van der Waals surface area contributed by atoms with Crippen LogP contribution in [-0.4, -0.2) is 27.6 Å². The summed E-state index contributed by atoms with van der Waals surface area (Å²) >= 11 is 3.06. The highest BCUT2D eigenvalue weighted by atomic mass is 32.2. The Balaban J connectivity index is 1.95. The summed E-state index contributed by atoms with van der Waals surface area (Å²) < 4.78 is 0.879. The van der Waals surface area contributed by atoms with Crippen LogP contribution in [0, 0.1) is 13.8 Å². The molecule has 0 aliphatic heterocycles. The monoisotopic (exact) mass is 309 g/mol. The first-order valence-corrected chi connectivity index (χ1v) is 8.35. The first kappa shape index (κ1) is 15.3. The molecule has 0 fully saturated rings. The Morgan fingerprint density at radius 3 is 2.60 bits per heavy atom. The summed E-state index contributed by atoms with van der Waals surface area (Å²) in [4.78, 5) is 0. The van der Waals surface area contributed by atoms with Crippen LogP contribution in [-0.2, 0) is 0 Å². The van der Waals surface area contributed by atoms with Gasteiger partial charge < -0.3 is 10.4 Å². The Kier molecular flexibility index (Phi) is 5.39. The minimum absolute atomic E-state index is 0.481. The second-order valence-corrected chi connectivity index (χ2v) is 6.90. The fourth-order valence-corrected chi connectivity index (χ4v) is 3.75. The van der Waals surface area contributed by atoms with Gasteiger partial charge in [-0.25, -0.2) is 0 Å². The van der Waals surface area contributed by atoms with Crippen LogP contribution in [0.3, 0.4) is 0 Å². The van der Waals surface area contributed by atoms with Gasteiger partial charge in [-0.05, 0) is 26.3 Å². The summed E-state index contributed by atoms with van der Waals surface area (Å²) in [6.45, 7) is 6.95. The Morgan fingerprint density at radius 1 is 1.25 bits per heavy atom. The molecule has 0 saturated heterocycles. The van der Waals surface area contributed by atoms with Crippen LogP contribution in [0.15, 0.2) is 22.5 Å². The molecule has 0 spiro atoms. The van der Waals surface area contributed by atoms with E-state index in [1.54, 1.807) is 0 Å². The summed E-state index contributed by atoms with van der Waals surface area (Å²) in [5.74, 6) is 0.587. The number of thioether (sulfide) groups is 1. The maximum Gasteiger partial charge on any atom is 0.206 e. The van der Waals surface area contributed by atoms with Crippen LogP contribution in [0.2, 0.25) is 0 Å². The van der Waals surface area contributed by atoms with E-state index in [1.165, 1.54) is 34.2 Å². The van der Waals surface area contributed by atoms with Crippen LogP contribution in [0.4, 0.5) is 5.13 Å². The van der Waals surface area contributed by atoms with Gasteiger partial charge in [0.15, 0.2) is 4.34 Å². The largest absolute Gasteiger partial charge is 0.388 e. The highest BCUT2D eigenvalue weighted by Gasteiger charge is 2.11. The molecule has 1 unspecified atom stereocenters. The van der Waals surface area contributed by atoms with Gasteiger partial charge in [-0.2, -0.15) is 0 Å². The molecular weight excluding hydrogens is 290 g/mol. The van der Waals surface area contributed by atoms with Crippen LogP contribution in [0.1, 0.15) is 29.7 Å². The average molecular weight is 309 g/mol. The molecule has 0 bridgehead atoms. The molecule has 0 radical (unpaired) electrons. The summed E-state index contributed by atoms with van der Waals surface area (Å²) in [7, 11) is 0. The number of nitrogens with zero attached hydrogens (tertiary/aromatic N) is 2. The molecule has 0 aliphatic carbocycles. The Hall–Kier alpha value is -1.11. The van der Waals surface area contributed by atoms with Crippen molar-refractivity contribution in [1.82, 2.24) is 10.2 Å². The lowest BCUT2D eigenvalue weighted by Gasteiger charge is -2.11.